The van der Waals surface area contributed by atoms with E-state index in [0.29, 0.717) is 12.3 Å². The molecular weight excluding hydrogens is 302 g/mol. The van der Waals surface area contributed by atoms with Gasteiger partial charge in [0.25, 0.3) is 5.56 Å². The normalized spacial score (nSPS) is 10.5. The summed E-state index contributed by atoms with van der Waals surface area (Å²) in [7, 11) is 1.55. The number of ether oxygens (including phenoxy) is 1. The molecule has 2 heterocycles. The molecule has 0 unspecified atom stereocenters. The quantitative estimate of drug-likeness (QED) is 0.869. The number of aromatic nitrogens is 1. The highest BCUT2D eigenvalue weighted by molar-refractivity contribution is 9.10. The van der Waals surface area contributed by atoms with Gasteiger partial charge in [0, 0.05) is 23.7 Å². The summed E-state index contributed by atoms with van der Waals surface area (Å²) in [5, 5.41) is 2.04. The fourth-order valence-electron chi connectivity index (χ4n) is 1.54. The molecule has 0 saturated heterocycles. The number of methoxy groups -OCH3 is 1. The standard InChI is InChI=1S/C12H12BrNO2S/c1-16-11-7-12(15)14(8-10(11)13)5-4-9-3-2-6-17-9/h2-3,6-8H,4-5H2,1H3. The molecule has 2 aromatic heterocycles. The molecule has 2 aromatic rings. The molecule has 0 aliphatic carbocycles. The van der Waals surface area contributed by atoms with Crippen molar-refractivity contribution in [2.45, 2.75) is 13.0 Å². The number of nitrogens with zero attached hydrogens (tertiary/aromatic N) is 1. The van der Waals surface area contributed by atoms with Crippen LogP contribution in [0.3, 0.4) is 0 Å². The smallest absolute Gasteiger partial charge is 0.254 e. The zero-order valence-corrected chi connectivity index (χ0v) is 11.8. The topological polar surface area (TPSA) is 31.2 Å². The molecule has 0 spiro atoms. The molecule has 0 aliphatic rings. The first kappa shape index (κ1) is 12.4. The second kappa shape index (κ2) is 5.51. The fraction of sp³-hybridized carbons (Fsp3) is 0.250. The van der Waals surface area contributed by atoms with Crippen molar-refractivity contribution in [2.24, 2.45) is 0 Å². The van der Waals surface area contributed by atoms with Crippen LogP contribution in [0.1, 0.15) is 4.88 Å². The third-order valence-electron chi connectivity index (χ3n) is 2.44. The molecule has 2 rings (SSSR count). The first-order valence-corrected chi connectivity index (χ1v) is 6.84. The van der Waals surface area contributed by atoms with Crippen LogP contribution in [0.15, 0.2) is 39.0 Å². The van der Waals surface area contributed by atoms with Crippen molar-refractivity contribution >= 4 is 27.3 Å². The number of pyridine rings is 1. The third-order valence-corrected chi connectivity index (χ3v) is 3.97. The van der Waals surface area contributed by atoms with Crippen LogP contribution in [0.5, 0.6) is 5.75 Å². The maximum absolute atomic E-state index is 11.8. The highest BCUT2D eigenvalue weighted by atomic mass is 79.9. The Kier molecular flexibility index (Phi) is 4.02. The summed E-state index contributed by atoms with van der Waals surface area (Å²) >= 11 is 5.09. The Labute approximate surface area is 112 Å². The van der Waals surface area contributed by atoms with Crippen LogP contribution >= 0.6 is 27.3 Å². The largest absolute Gasteiger partial charge is 0.495 e. The van der Waals surface area contributed by atoms with Gasteiger partial charge >= 0.3 is 0 Å². The minimum Gasteiger partial charge on any atom is -0.495 e. The molecule has 90 valence electrons. The van der Waals surface area contributed by atoms with Crippen LogP contribution in [0.4, 0.5) is 0 Å². The Morgan fingerprint density at radius 2 is 2.35 bits per heavy atom. The van der Waals surface area contributed by atoms with E-state index in [4.69, 9.17) is 4.74 Å². The van der Waals surface area contributed by atoms with Crippen molar-refractivity contribution in [2.75, 3.05) is 7.11 Å². The molecule has 0 N–H and O–H groups in total. The van der Waals surface area contributed by atoms with Gasteiger partial charge in [-0.1, -0.05) is 6.07 Å². The van der Waals surface area contributed by atoms with Gasteiger partial charge in [-0.3, -0.25) is 4.79 Å². The highest BCUT2D eigenvalue weighted by Gasteiger charge is 2.05. The van der Waals surface area contributed by atoms with Gasteiger partial charge in [0.2, 0.25) is 0 Å². The Morgan fingerprint density at radius 3 is 3.00 bits per heavy atom. The van der Waals surface area contributed by atoms with Crippen molar-refractivity contribution in [3.8, 4) is 5.75 Å². The molecule has 0 fully saturated rings. The van der Waals surface area contributed by atoms with Gasteiger partial charge in [-0.25, -0.2) is 0 Å². The fourth-order valence-corrected chi connectivity index (χ4v) is 2.77. The van der Waals surface area contributed by atoms with Gasteiger partial charge in [0.1, 0.15) is 5.75 Å². The Bertz CT molecular complexity index is 548. The second-order valence-electron chi connectivity index (χ2n) is 3.55. The zero-order valence-electron chi connectivity index (χ0n) is 9.35. The van der Waals surface area contributed by atoms with E-state index >= 15 is 0 Å². The van der Waals surface area contributed by atoms with E-state index in [0.717, 1.165) is 10.9 Å². The van der Waals surface area contributed by atoms with Gasteiger partial charge < -0.3 is 9.30 Å². The van der Waals surface area contributed by atoms with Crippen molar-refractivity contribution in [1.82, 2.24) is 4.57 Å². The van der Waals surface area contributed by atoms with Gasteiger partial charge in [0.05, 0.1) is 11.6 Å². The number of rotatable bonds is 4. The zero-order chi connectivity index (χ0) is 12.3. The van der Waals surface area contributed by atoms with E-state index in [1.54, 1.807) is 29.2 Å². The molecule has 0 amide bonds. The lowest BCUT2D eigenvalue weighted by Gasteiger charge is -2.08. The number of thiophene rings is 1. The van der Waals surface area contributed by atoms with Gasteiger partial charge in [-0.05, 0) is 33.8 Å². The number of hydrogen-bond donors (Lipinski definition) is 0. The molecule has 0 aromatic carbocycles. The van der Waals surface area contributed by atoms with Crippen molar-refractivity contribution in [3.63, 3.8) is 0 Å². The number of halogens is 1. The molecule has 0 saturated carbocycles. The highest BCUT2D eigenvalue weighted by Crippen LogP contribution is 2.21. The third kappa shape index (κ3) is 2.98. The average Bonchev–Trinajstić information content (AvgIpc) is 2.82. The Morgan fingerprint density at radius 1 is 1.53 bits per heavy atom. The molecule has 17 heavy (non-hydrogen) atoms. The van der Waals surface area contributed by atoms with E-state index in [2.05, 4.69) is 22.0 Å². The van der Waals surface area contributed by atoms with E-state index in [9.17, 15) is 4.79 Å². The Balaban J connectivity index is 2.16. The van der Waals surface area contributed by atoms with Crippen LogP contribution < -0.4 is 10.3 Å². The molecule has 5 heteroatoms. The summed E-state index contributed by atoms with van der Waals surface area (Å²) in [4.78, 5) is 13.1. The minimum absolute atomic E-state index is 0.0402. The molecule has 0 bridgehead atoms. The lowest BCUT2D eigenvalue weighted by atomic mass is 10.3. The predicted octanol–water partition coefficient (Wildman–Crippen LogP) is 2.92. The molecule has 0 atom stereocenters. The van der Waals surface area contributed by atoms with Crippen LogP contribution in [0.2, 0.25) is 0 Å². The summed E-state index contributed by atoms with van der Waals surface area (Å²) in [6.07, 6.45) is 2.64. The van der Waals surface area contributed by atoms with Crippen LogP contribution in [-0.4, -0.2) is 11.7 Å². The summed E-state index contributed by atoms with van der Waals surface area (Å²) in [5.41, 5.74) is -0.0402. The summed E-state index contributed by atoms with van der Waals surface area (Å²) < 4.78 is 7.56. The predicted molar refractivity (Wildman–Crippen MR) is 73.0 cm³/mol. The van der Waals surface area contributed by atoms with E-state index in [1.165, 1.54) is 10.9 Å². The summed E-state index contributed by atoms with van der Waals surface area (Å²) in [6.45, 7) is 0.682. The lowest BCUT2D eigenvalue weighted by Crippen LogP contribution is -2.19. The number of hydrogen-bond acceptors (Lipinski definition) is 3. The average molecular weight is 314 g/mol. The molecule has 3 nitrogen and oxygen atoms in total. The van der Waals surface area contributed by atoms with Crippen molar-refractivity contribution in [1.29, 1.82) is 0 Å². The SMILES string of the molecule is COc1cc(=O)n(CCc2cccs2)cc1Br. The summed E-state index contributed by atoms with van der Waals surface area (Å²) in [6, 6.07) is 5.60. The maximum atomic E-state index is 11.8. The first-order valence-electron chi connectivity index (χ1n) is 5.17. The maximum Gasteiger partial charge on any atom is 0.254 e. The van der Waals surface area contributed by atoms with E-state index < -0.39 is 0 Å². The molecule has 0 radical (unpaired) electrons. The van der Waals surface area contributed by atoms with E-state index in [-0.39, 0.29) is 5.56 Å². The second-order valence-corrected chi connectivity index (χ2v) is 5.44. The Hall–Kier alpha value is -1.07. The lowest BCUT2D eigenvalue weighted by molar-refractivity contribution is 0.409. The van der Waals surface area contributed by atoms with Gasteiger partial charge in [0.15, 0.2) is 0 Å². The van der Waals surface area contributed by atoms with Gasteiger partial charge in [-0.15, -0.1) is 11.3 Å². The monoisotopic (exact) mass is 313 g/mol. The van der Waals surface area contributed by atoms with Crippen molar-refractivity contribution in [3.05, 3.63) is 49.5 Å². The minimum atomic E-state index is -0.0402. The first-order chi connectivity index (χ1) is 8.20. The van der Waals surface area contributed by atoms with Crippen LogP contribution in [-0.2, 0) is 13.0 Å². The molecule has 0 aliphatic heterocycles. The van der Waals surface area contributed by atoms with E-state index in [1.807, 2.05) is 11.4 Å². The van der Waals surface area contributed by atoms with Gasteiger partial charge in [-0.2, -0.15) is 0 Å². The van der Waals surface area contributed by atoms with Crippen LogP contribution in [0, 0.1) is 0 Å². The van der Waals surface area contributed by atoms with Crippen molar-refractivity contribution < 1.29 is 4.74 Å². The molecular formula is C12H12BrNO2S. The number of aryl methyl sites for hydroxylation is 2. The summed E-state index contributed by atoms with van der Waals surface area (Å²) in [5.74, 6) is 0.572. The van der Waals surface area contributed by atoms with Crippen LogP contribution in [0.25, 0.3) is 0 Å².